The number of phenolic OH excluding ortho intramolecular Hbond substituents is 1. The molecule has 10 nitrogen and oxygen atoms in total. The van der Waals surface area contributed by atoms with Crippen molar-refractivity contribution in [2.45, 2.75) is 82.6 Å². The molecular weight excluding hydrogens is 672 g/mol. The molecule has 0 aromatic heterocycles. The van der Waals surface area contributed by atoms with Gasteiger partial charge in [-0.3, -0.25) is 4.90 Å². The maximum Gasteiger partial charge on any atom is 0.410 e. The van der Waals surface area contributed by atoms with Crippen LogP contribution in [0, 0.1) is 17.8 Å². The van der Waals surface area contributed by atoms with Gasteiger partial charge in [0.1, 0.15) is 30.8 Å². The number of phenols is 1. The van der Waals surface area contributed by atoms with Gasteiger partial charge in [0.2, 0.25) is 5.79 Å². The Morgan fingerprint density at radius 1 is 1.12 bits per heavy atom. The van der Waals surface area contributed by atoms with Crippen LogP contribution in [0.15, 0.2) is 78.0 Å². The number of aromatic hydroxyl groups is 1. The number of amides is 1. The lowest BCUT2D eigenvalue weighted by molar-refractivity contribution is -0.255. The quantitative estimate of drug-likeness (QED) is 0.0595. The molecule has 2 aliphatic carbocycles. The highest BCUT2D eigenvalue weighted by atomic mass is 35.5. The Balaban J connectivity index is 1.74. The van der Waals surface area contributed by atoms with Gasteiger partial charge in [0.15, 0.2) is 0 Å². The molecule has 1 amide bonds. The van der Waals surface area contributed by atoms with Crippen LogP contribution >= 0.6 is 11.6 Å². The predicted molar refractivity (Wildman–Crippen MR) is 197 cm³/mol. The third kappa shape index (κ3) is 8.74. The Labute approximate surface area is 306 Å². The van der Waals surface area contributed by atoms with E-state index in [1.165, 1.54) is 0 Å². The van der Waals surface area contributed by atoms with Gasteiger partial charge in [0.05, 0.1) is 24.1 Å². The highest BCUT2D eigenvalue weighted by Gasteiger charge is 2.65. The summed E-state index contributed by atoms with van der Waals surface area (Å²) in [5, 5.41) is 35.2. The van der Waals surface area contributed by atoms with Crippen LogP contribution in [-0.2, 0) is 20.9 Å². The average molecular weight is 725 g/mol. The second-order valence-corrected chi connectivity index (χ2v) is 13.9. The molecule has 0 unspecified atom stereocenters. The van der Waals surface area contributed by atoms with Gasteiger partial charge >= 0.3 is 6.09 Å². The molecule has 0 spiro atoms. The van der Waals surface area contributed by atoms with E-state index in [9.17, 15) is 20.1 Å². The molecule has 1 aliphatic heterocycles. The Morgan fingerprint density at radius 3 is 2.59 bits per heavy atom. The van der Waals surface area contributed by atoms with Crippen molar-refractivity contribution in [2.24, 2.45) is 22.9 Å². The second kappa shape index (κ2) is 18.8. The van der Waals surface area contributed by atoms with Crippen LogP contribution in [0.3, 0.4) is 0 Å². The Hall–Kier alpha value is -3.57. The maximum atomic E-state index is 13.9. The van der Waals surface area contributed by atoms with Crippen molar-refractivity contribution in [2.75, 3.05) is 38.9 Å². The van der Waals surface area contributed by atoms with E-state index in [2.05, 4.69) is 12.7 Å². The standard InChI is InChI=1S/C40H53ClN2O8/c1-3-19-43(39(47)48-23-18-41)36-26-34(42-50-27-28-12-6-5-7-13-28)32-24-29(14-8-10-20-44)31(15-9-11-21-45)37-33-25-30(46)16-17-35(33)51-40(36,38(32)37)49-22-4-2/h4-7,12-13,16-17,24-25,29,31,36-38,44-46H,2-3,8-11,14-15,18-23,26-27H2,1H3/t29-,31+,36-,37+,38+,40+/m0/s1. The zero-order valence-electron chi connectivity index (χ0n) is 29.6. The molecule has 1 saturated carbocycles. The SMILES string of the molecule is C=CCO[C@@]12Oc3ccc(O)cc3[C@H]3[C@H](CCCCO)[C@@H](CCCCO)C=C(C(=NOCc4ccccc4)C[C@@H]1N(CCC)C(=O)OCCCl)[C@H]32. The van der Waals surface area contributed by atoms with Crippen molar-refractivity contribution >= 4 is 23.4 Å². The maximum absolute atomic E-state index is 13.9. The van der Waals surface area contributed by atoms with Crippen LogP contribution in [0.25, 0.3) is 0 Å². The minimum Gasteiger partial charge on any atom is -0.508 e. The average Bonchev–Trinajstić information content (AvgIpc) is 3.14. The number of oxime groups is 1. The number of carbonyl (C=O) groups excluding carboxylic acids is 1. The Morgan fingerprint density at radius 2 is 1.88 bits per heavy atom. The first-order valence-corrected chi connectivity index (χ1v) is 18.9. The summed E-state index contributed by atoms with van der Waals surface area (Å²) in [4.78, 5) is 21.7. The van der Waals surface area contributed by atoms with Gasteiger partial charge in [-0.05, 0) is 73.3 Å². The van der Waals surface area contributed by atoms with E-state index in [1.54, 1.807) is 29.2 Å². The van der Waals surface area contributed by atoms with Gasteiger partial charge in [-0.25, -0.2) is 4.79 Å². The number of carbonyl (C=O) groups is 1. The third-order valence-electron chi connectivity index (χ3n) is 10.3. The highest BCUT2D eigenvalue weighted by Crippen LogP contribution is 2.61. The van der Waals surface area contributed by atoms with Gasteiger partial charge in [-0.15, -0.1) is 18.2 Å². The smallest absolute Gasteiger partial charge is 0.410 e. The van der Waals surface area contributed by atoms with Crippen LogP contribution in [0.4, 0.5) is 4.79 Å². The predicted octanol–water partition coefficient (Wildman–Crippen LogP) is 7.31. The molecule has 11 heteroatoms. The largest absolute Gasteiger partial charge is 0.508 e. The number of hydrogen-bond acceptors (Lipinski definition) is 9. The number of ether oxygens (including phenoxy) is 3. The van der Waals surface area contributed by atoms with E-state index >= 15 is 0 Å². The molecule has 3 N–H and O–H groups in total. The van der Waals surface area contributed by atoms with Crippen molar-refractivity contribution < 1.29 is 39.2 Å². The van der Waals surface area contributed by atoms with Crippen LogP contribution in [0.5, 0.6) is 11.5 Å². The number of hydrogen-bond donors (Lipinski definition) is 3. The Kier molecular flexibility index (Phi) is 14.2. The molecule has 1 heterocycles. The fourth-order valence-corrected chi connectivity index (χ4v) is 8.32. The normalized spacial score (nSPS) is 25.6. The number of fused-ring (bicyclic) bond motifs is 2. The molecule has 6 atom stereocenters. The molecule has 3 aliphatic rings. The number of aliphatic hydroxyl groups excluding tert-OH is 2. The van der Waals surface area contributed by atoms with Crippen molar-refractivity contribution in [1.29, 1.82) is 0 Å². The highest BCUT2D eigenvalue weighted by molar-refractivity contribution is 6.18. The molecule has 51 heavy (non-hydrogen) atoms. The monoisotopic (exact) mass is 724 g/mol. The number of halogens is 1. The third-order valence-corrected chi connectivity index (χ3v) is 10.4. The molecular formula is C40H53ClN2O8. The zero-order valence-corrected chi connectivity index (χ0v) is 30.4. The molecule has 0 radical (unpaired) electrons. The van der Waals surface area contributed by atoms with Gasteiger partial charge in [-0.2, -0.15) is 0 Å². The molecule has 0 saturated heterocycles. The molecule has 5 rings (SSSR count). The van der Waals surface area contributed by atoms with E-state index < -0.39 is 23.8 Å². The topological polar surface area (TPSA) is 130 Å². The van der Waals surface area contributed by atoms with Crippen molar-refractivity contribution in [3.8, 4) is 11.5 Å². The first kappa shape index (κ1) is 38.7. The molecule has 1 fully saturated rings. The van der Waals surface area contributed by atoms with Gasteiger partial charge in [0.25, 0.3) is 0 Å². The van der Waals surface area contributed by atoms with Crippen molar-refractivity contribution in [3.05, 3.63) is 84.0 Å². The minimum absolute atomic E-state index is 0.0532. The second-order valence-electron chi connectivity index (χ2n) is 13.6. The fourth-order valence-electron chi connectivity index (χ4n) is 8.24. The summed E-state index contributed by atoms with van der Waals surface area (Å²) in [6.07, 6.45) is 8.99. The van der Waals surface area contributed by atoms with E-state index in [4.69, 9.17) is 35.8 Å². The molecule has 278 valence electrons. The van der Waals surface area contributed by atoms with Crippen LogP contribution in [-0.4, -0.2) is 82.7 Å². The number of benzene rings is 2. The van der Waals surface area contributed by atoms with Crippen molar-refractivity contribution in [1.82, 2.24) is 4.90 Å². The first-order chi connectivity index (χ1) is 24.9. The number of allylic oxidation sites excluding steroid dienone is 1. The molecule has 2 aromatic rings. The van der Waals surface area contributed by atoms with E-state index in [1.807, 2.05) is 37.3 Å². The fraction of sp³-hybridized carbons (Fsp3) is 0.550. The van der Waals surface area contributed by atoms with Gasteiger partial charge < -0.3 is 34.4 Å². The summed E-state index contributed by atoms with van der Waals surface area (Å²) >= 11 is 5.96. The Bertz CT molecular complexity index is 1500. The summed E-state index contributed by atoms with van der Waals surface area (Å²) in [5.41, 5.74) is 3.46. The summed E-state index contributed by atoms with van der Waals surface area (Å²) in [6.45, 7) is 7.01. The lowest BCUT2D eigenvalue weighted by Gasteiger charge is -2.59. The van der Waals surface area contributed by atoms with E-state index in [0.717, 1.165) is 42.4 Å². The number of rotatable bonds is 19. The lowest BCUT2D eigenvalue weighted by atomic mass is 9.55. The first-order valence-electron chi connectivity index (χ1n) is 18.3. The summed E-state index contributed by atoms with van der Waals surface area (Å²) in [5.74, 6) is -1.03. The number of alkyl halides is 1. The summed E-state index contributed by atoms with van der Waals surface area (Å²) < 4.78 is 19.6. The van der Waals surface area contributed by atoms with E-state index in [-0.39, 0.29) is 68.8 Å². The number of aliphatic hydroxyl groups is 2. The van der Waals surface area contributed by atoms with Crippen LogP contribution < -0.4 is 4.74 Å². The molecule has 2 aromatic carbocycles. The van der Waals surface area contributed by atoms with Crippen molar-refractivity contribution in [3.63, 3.8) is 0 Å². The van der Waals surface area contributed by atoms with Gasteiger partial charge in [0, 0.05) is 37.7 Å². The van der Waals surface area contributed by atoms with Crippen LogP contribution in [0.1, 0.15) is 75.3 Å². The number of nitrogens with zero attached hydrogens (tertiary/aromatic N) is 2. The summed E-state index contributed by atoms with van der Waals surface area (Å²) in [6, 6.07) is 14.3. The molecule has 0 bridgehead atoms. The minimum atomic E-state index is -1.38. The lowest BCUT2D eigenvalue weighted by Crippen LogP contribution is -2.70. The van der Waals surface area contributed by atoms with Crippen LogP contribution in [0.2, 0.25) is 0 Å². The zero-order chi connectivity index (χ0) is 36.2. The van der Waals surface area contributed by atoms with E-state index in [0.29, 0.717) is 37.3 Å². The number of unbranched alkanes of at least 4 members (excludes halogenated alkanes) is 2. The summed E-state index contributed by atoms with van der Waals surface area (Å²) in [7, 11) is 0. The van der Waals surface area contributed by atoms with Gasteiger partial charge in [-0.1, -0.05) is 67.4 Å².